The van der Waals surface area contributed by atoms with Crippen LogP contribution in [0.25, 0.3) is 12.2 Å². The Hall–Kier alpha value is -3.02. The monoisotopic (exact) mass is 270 g/mol. The van der Waals surface area contributed by atoms with Gasteiger partial charge in [0, 0.05) is 12.1 Å². The van der Waals surface area contributed by atoms with Crippen molar-refractivity contribution < 1.29 is 9.85 Å². The second-order valence-electron chi connectivity index (χ2n) is 4.04. The molecule has 0 heterocycles. The van der Waals surface area contributed by atoms with Crippen molar-refractivity contribution in [3.63, 3.8) is 0 Å². The number of benzene rings is 2. The maximum absolute atomic E-state index is 10.8. The van der Waals surface area contributed by atoms with Crippen molar-refractivity contribution >= 4 is 23.5 Å². The van der Waals surface area contributed by atoms with E-state index in [-0.39, 0.29) is 11.4 Å². The van der Waals surface area contributed by atoms with Crippen LogP contribution in [0.3, 0.4) is 0 Å². The van der Waals surface area contributed by atoms with Gasteiger partial charge in [-0.25, -0.2) is 0 Å². The Morgan fingerprint density at radius 2 is 1.25 bits per heavy atom. The van der Waals surface area contributed by atoms with E-state index >= 15 is 0 Å². The summed E-state index contributed by atoms with van der Waals surface area (Å²) in [4.78, 5) is 20.2. The van der Waals surface area contributed by atoms with Gasteiger partial charge in [0.2, 0.25) is 0 Å². The summed E-state index contributed by atoms with van der Waals surface area (Å²) < 4.78 is 0. The van der Waals surface area contributed by atoms with E-state index in [1.165, 1.54) is 12.1 Å². The van der Waals surface area contributed by atoms with Gasteiger partial charge < -0.3 is 0 Å². The molecular formula is C14H10N2O4. The Labute approximate surface area is 114 Å². The number of nitrogens with zero attached hydrogens (tertiary/aromatic N) is 2. The van der Waals surface area contributed by atoms with E-state index in [2.05, 4.69) is 0 Å². The average Bonchev–Trinajstić information content (AvgIpc) is 2.45. The molecule has 6 heteroatoms. The van der Waals surface area contributed by atoms with Gasteiger partial charge in [0.05, 0.1) is 15.9 Å². The maximum Gasteiger partial charge on any atom is 0.276 e. The lowest BCUT2D eigenvalue weighted by molar-refractivity contribution is -0.394. The molecule has 0 aliphatic heterocycles. The van der Waals surface area contributed by atoms with Crippen molar-refractivity contribution in [3.8, 4) is 0 Å². The molecule has 2 aromatic carbocycles. The number of nitro groups is 2. The second kappa shape index (κ2) is 5.75. The molecule has 6 nitrogen and oxygen atoms in total. The van der Waals surface area contributed by atoms with Crippen molar-refractivity contribution in [2.45, 2.75) is 0 Å². The van der Waals surface area contributed by atoms with E-state index in [1.54, 1.807) is 12.2 Å². The van der Waals surface area contributed by atoms with Crippen LogP contribution >= 0.6 is 0 Å². The number of non-ortho nitro benzene ring substituents is 2. The van der Waals surface area contributed by atoms with Gasteiger partial charge in [0.1, 0.15) is 0 Å². The van der Waals surface area contributed by atoms with Gasteiger partial charge in [0.25, 0.3) is 11.4 Å². The first kappa shape index (κ1) is 13.4. The smallest absolute Gasteiger partial charge is 0.258 e. The van der Waals surface area contributed by atoms with E-state index in [0.717, 1.165) is 11.6 Å². The molecule has 0 fully saturated rings. The molecule has 0 spiro atoms. The van der Waals surface area contributed by atoms with Crippen molar-refractivity contribution in [3.05, 3.63) is 79.9 Å². The van der Waals surface area contributed by atoms with Crippen LogP contribution < -0.4 is 0 Å². The number of hydrogen-bond acceptors (Lipinski definition) is 4. The summed E-state index contributed by atoms with van der Waals surface area (Å²) in [5.41, 5.74) is 0.718. The van der Waals surface area contributed by atoms with Gasteiger partial charge in [0.15, 0.2) is 0 Å². The fraction of sp³-hybridized carbons (Fsp3) is 0. The molecule has 0 amide bonds. The molecule has 0 aliphatic carbocycles. The zero-order valence-corrected chi connectivity index (χ0v) is 10.3. The highest BCUT2D eigenvalue weighted by Crippen LogP contribution is 2.23. The Morgan fingerprint density at radius 1 is 0.750 bits per heavy atom. The van der Waals surface area contributed by atoms with Crippen molar-refractivity contribution in [1.82, 2.24) is 0 Å². The first-order valence-corrected chi connectivity index (χ1v) is 5.73. The zero-order chi connectivity index (χ0) is 14.5. The SMILES string of the molecule is O=[N+]([O-])c1cc(/C=C/c2ccccc2)cc([N+](=O)[O-])c1. The van der Waals surface area contributed by atoms with Crippen LogP contribution in [0.15, 0.2) is 48.5 Å². The highest BCUT2D eigenvalue weighted by molar-refractivity contribution is 5.72. The summed E-state index contributed by atoms with van der Waals surface area (Å²) in [6, 6.07) is 12.9. The standard InChI is InChI=1S/C14H10N2O4/c17-15(18)13-8-12(9-14(10-13)16(19)20)7-6-11-4-2-1-3-5-11/h1-10H/b7-6+. The molecule has 20 heavy (non-hydrogen) atoms. The summed E-state index contributed by atoms with van der Waals surface area (Å²) in [5, 5.41) is 21.5. The van der Waals surface area contributed by atoms with Crippen LogP contribution in [0.4, 0.5) is 11.4 Å². The van der Waals surface area contributed by atoms with Gasteiger partial charge in [-0.1, -0.05) is 42.5 Å². The first-order valence-electron chi connectivity index (χ1n) is 5.73. The molecule has 0 saturated heterocycles. The minimum absolute atomic E-state index is 0.299. The van der Waals surface area contributed by atoms with E-state index in [4.69, 9.17) is 0 Å². The fourth-order valence-electron chi connectivity index (χ4n) is 1.68. The van der Waals surface area contributed by atoms with Crippen molar-refractivity contribution in [1.29, 1.82) is 0 Å². The van der Waals surface area contributed by atoms with Crippen LogP contribution in [0.5, 0.6) is 0 Å². The number of rotatable bonds is 4. The molecule has 0 bridgehead atoms. The second-order valence-corrected chi connectivity index (χ2v) is 4.04. The summed E-state index contributed by atoms with van der Waals surface area (Å²) in [6.07, 6.45) is 3.35. The minimum atomic E-state index is -0.646. The third-order valence-corrected chi connectivity index (χ3v) is 2.61. The lowest BCUT2D eigenvalue weighted by Crippen LogP contribution is -1.93. The Balaban J connectivity index is 2.38. The third kappa shape index (κ3) is 3.26. The van der Waals surface area contributed by atoms with Crippen molar-refractivity contribution in [2.75, 3.05) is 0 Å². The van der Waals surface area contributed by atoms with Gasteiger partial charge in [-0.3, -0.25) is 20.2 Å². The fourth-order valence-corrected chi connectivity index (χ4v) is 1.68. The largest absolute Gasteiger partial charge is 0.276 e. The minimum Gasteiger partial charge on any atom is -0.258 e. The Morgan fingerprint density at radius 3 is 1.75 bits per heavy atom. The topological polar surface area (TPSA) is 86.3 Å². The Bertz CT molecular complexity index is 649. The van der Waals surface area contributed by atoms with Crippen LogP contribution in [-0.2, 0) is 0 Å². The van der Waals surface area contributed by atoms with E-state index in [9.17, 15) is 20.2 Å². The molecule has 0 radical (unpaired) electrons. The molecule has 0 N–H and O–H groups in total. The van der Waals surface area contributed by atoms with Crippen LogP contribution in [0, 0.1) is 20.2 Å². The average molecular weight is 270 g/mol. The quantitative estimate of drug-likeness (QED) is 0.481. The normalized spacial score (nSPS) is 10.6. The van der Waals surface area contributed by atoms with E-state index in [1.807, 2.05) is 30.3 Å². The molecule has 2 aromatic rings. The highest BCUT2D eigenvalue weighted by atomic mass is 16.6. The molecular weight excluding hydrogens is 260 g/mol. The molecule has 2 rings (SSSR count). The Kier molecular flexibility index (Phi) is 3.85. The lowest BCUT2D eigenvalue weighted by atomic mass is 10.1. The van der Waals surface area contributed by atoms with Gasteiger partial charge in [-0.2, -0.15) is 0 Å². The molecule has 0 saturated carbocycles. The maximum atomic E-state index is 10.8. The number of hydrogen-bond donors (Lipinski definition) is 0. The third-order valence-electron chi connectivity index (χ3n) is 2.61. The summed E-state index contributed by atoms with van der Waals surface area (Å²) in [7, 11) is 0. The first-order chi connectivity index (χ1) is 9.56. The molecule has 0 atom stereocenters. The van der Waals surface area contributed by atoms with Crippen LogP contribution in [0.2, 0.25) is 0 Å². The highest BCUT2D eigenvalue weighted by Gasteiger charge is 2.15. The lowest BCUT2D eigenvalue weighted by Gasteiger charge is -1.97. The van der Waals surface area contributed by atoms with Gasteiger partial charge >= 0.3 is 0 Å². The molecule has 0 aromatic heterocycles. The van der Waals surface area contributed by atoms with Crippen molar-refractivity contribution in [2.24, 2.45) is 0 Å². The van der Waals surface area contributed by atoms with Gasteiger partial charge in [-0.15, -0.1) is 0 Å². The molecule has 0 aliphatic rings. The summed E-state index contributed by atoms with van der Waals surface area (Å²) >= 11 is 0. The van der Waals surface area contributed by atoms with E-state index < -0.39 is 9.85 Å². The summed E-state index contributed by atoms with van der Waals surface area (Å²) in [6.45, 7) is 0. The van der Waals surface area contributed by atoms with Crippen LogP contribution in [-0.4, -0.2) is 9.85 Å². The summed E-state index contributed by atoms with van der Waals surface area (Å²) in [5.74, 6) is 0. The number of nitro benzene ring substituents is 2. The van der Waals surface area contributed by atoms with Crippen LogP contribution in [0.1, 0.15) is 11.1 Å². The predicted molar refractivity (Wildman–Crippen MR) is 75.1 cm³/mol. The van der Waals surface area contributed by atoms with Gasteiger partial charge in [-0.05, 0) is 11.1 Å². The predicted octanol–water partition coefficient (Wildman–Crippen LogP) is 3.67. The molecule has 0 unspecified atom stereocenters. The van der Waals surface area contributed by atoms with E-state index in [0.29, 0.717) is 5.56 Å². The molecule has 100 valence electrons. The zero-order valence-electron chi connectivity index (χ0n) is 10.3.